The van der Waals surface area contributed by atoms with E-state index in [2.05, 4.69) is 40.2 Å². The van der Waals surface area contributed by atoms with Crippen molar-refractivity contribution < 1.29 is 19.1 Å². The lowest BCUT2D eigenvalue weighted by atomic mass is 10.0. The molecule has 4 amide bonds. The average Bonchev–Trinajstić information content (AvgIpc) is 3.16. The van der Waals surface area contributed by atoms with Crippen LogP contribution in [0.3, 0.4) is 0 Å². The third-order valence-electron chi connectivity index (χ3n) is 8.82. The molecule has 3 aliphatic rings. The van der Waals surface area contributed by atoms with Crippen LogP contribution in [0.4, 0.5) is 21.0 Å². The van der Waals surface area contributed by atoms with Crippen molar-refractivity contribution in [3.05, 3.63) is 58.1 Å². The lowest BCUT2D eigenvalue weighted by Crippen LogP contribution is -2.52. The molecule has 2 fully saturated rings. The minimum Gasteiger partial charge on any atom is -0.436 e. The number of urea groups is 1. The molecule has 5 rings (SSSR count). The van der Waals surface area contributed by atoms with E-state index in [4.69, 9.17) is 10.5 Å². The van der Waals surface area contributed by atoms with Crippen molar-refractivity contribution in [2.45, 2.75) is 56.7 Å². The molecular weight excluding hydrogens is 600 g/mol. The molecule has 1 unspecified atom stereocenters. The van der Waals surface area contributed by atoms with Crippen LogP contribution in [0, 0.1) is 0 Å². The van der Waals surface area contributed by atoms with Gasteiger partial charge in [0.05, 0.1) is 0 Å². The standard InChI is InChI=1S/C31H41BrN6O4/c1-35(2)23-10-14-36(15-11-23)29(39)28(20-21-7-8-26(33)25(32)19-21)42-31(41)37-16-12-24(13-17-37)38-18-9-22-5-3-4-6-27(22)34-30(38)40/h3-8,19,23-24,28H,9-18,20,33H2,1-2H3,(H,34,40). The van der Waals surface area contributed by atoms with Crippen LogP contribution in [0.25, 0.3) is 0 Å². The molecule has 11 heteroatoms. The van der Waals surface area contributed by atoms with Crippen molar-refractivity contribution in [2.75, 3.05) is 57.9 Å². The zero-order chi connectivity index (χ0) is 29.8. The number of halogens is 1. The monoisotopic (exact) mass is 640 g/mol. The van der Waals surface area contributed by atoms with Crippen LogP contribution in [0.15, 0.2) is 46.9 Å². The number of benzene rings is 2. The Balaban J connectivity index is 1.21. The van der Waals surface area contributed by atoms with E-state index >= 15 is 0 Å². The number of hydrogen-bond donors (Lipinski definition) is 2. The number of piperidine rings is 2. The van der Waals surface area contributed by atoms with E-state index in [9.17, 15) is 14.4 Å². The second-order valence-corrected chi connectivity index (χ2v) is 12.6. The highest BCUT2D eigenvalue weighted by Crippen LogP contribution is 2.26. The Morgan fingerprint density at radius 2 is 1.71 bits per heavy atom. The summed E-state index contributed by atoms with van der Waals surface area (Å²) in [6, 6.07) is 13.8. The number of ether oxygens (including phenoxy) is 1. The van der Waals surface area contributed by atoms with Crippen LogP contribution in [0.2, 0.25) is 0 Å². The lowest BCUT2D eigenvalue weighted by Gasteiger charge is -2.38. The summed E-state index contributed by atoms with van der Waals surface area (Å²) in [6.07, 6.45) is 2.70. The van der Waals surface area contributed by atoms with E-state index in [-0.39, 0.29) is 24.4 Å². The summed E-state index contributed by atoms with van der Waals surface area (Å²) in [6.45, 7) is 2.82. The second-order valence-electron chi connectivity index (χ2n) is 11.7. The van der Waals surface area contributed by atoms with Crippen LogP contribution in [-0.4, -0.2) is 103 Å². The van der Waals surface area contributed by atoms with E-state index in [0.29, 0.717) is 57.3 Å². The van der Waals surface area contributed by atoms with Gasteiger partial charge in [0.25, 0.3) is 5.91 Å². The molecule has 3 heterocycles. The van der Waals surface area contributed by atoms with Crippen LogP contribution in [-0.2, 0) is 22.4 Å². The molecule has 3 N–H and O–H groups in total. The predicted octanol–water partition coefficient (Wildman–Crippen LogP) is 4.19. The maximum absolute atomic E-state index is 13.7. The number of nitrogens with zero attached hydrogens (tertiary/aromatic N) is 4. The number of anilines is 2. The summed E-state index contributed by atoms with van der Waals surface area (Å²) in [4.78, 5) is 47.7. The molecular formula is C31H41BrN6O4. The lowest BCUT2D eigenvalue weighted by molar-refractivity contribution is -0.142. The fourth-order valence-corrected chi connectivity index (χ4v) is 6.62. The van der Waals surface area contributed by atoms with Crippen molar-refractivity contribution in [3.8, 4) is 0 Å². The Morgan fingerprint density at radius 3 is 2.40 bits per heavy atom. The Labute approximate surface area is 256 Å². The Kier molecular flexibility index (Phi) is 9.57. The number of amides is 4. The zero-order valence-corrected chi connectivity index (χ0v) is 26.0. The van der Waals surface area contributed by atoms with Gasteiger partial charge in [0.2, 0.25) is 0 Å². The summed E-state index contributed by atoms with van der Waals surface area (Å²) in [5.41, 5.74) is 9.42. The molecule has 3 aliphatic heterocycles. The van der Waals surface area contributed by atoms with Crippen LogP contribution >= 0.6 is 15.9 Å². The van der Waals surface area contributed by atoms with Gasteiger partial charge in [-0.2, -0.15) is 0 Å². The third-order valence-corrected chi connectivity index (χ3v) is 9.50. The van der Waals surface area contributed by atoms with Crippen LogP contribution in [0.5, 0.6) is 0 Å². The number of nitrogens with one attached hydrogen (secondary N) is 1. The van der Waals surface area contributed by atoms with Gasteiger partial charge in [0.1, 0.15) is 0 Å². The number of para-hydroxylation sites is 1. The van der Waals surface area contributed by atoms with Gasteiger partial charge in [0.15, 0.2) is 6.10 Å². The zero-order valence-electron chi connectivity index (χ0n) is 24.4. The van der Waals surface area contributed by atoms with E-state index in [0.717, 1.165) is 40.5 Å². The Bertz CT molecular complexity index is 1290. The first-order valence-corrected chi connectivity index (χ1v) is 15.6. The molecule has 10 nitrogen and oxygen atoms in total. The van der Waals surface area contributed by atoms with E-state index < -0.39 is 12.2 Å². The van der Waals surface area contributed by atoms with Gasteiger partial charge in [-0.1, -0.05) is 24.3 Å². The number of carbonyl (C=O) groups is 3. The molecule has 1 atom stereocenters. The van der Waals surface area contributed by atoms with Gasteiger partial charge in [0, 0.05) is 67.1 Å². The summed E-state index contributed by atoms with van der Waals surface area (Å²) in [5.74, 6) is -0.163. The van der Waals surface area contributed by atoms with Crippen molar-refractivity contribution in [2.24, 2.45) is 0 Å². The number of hydrogen-bond acceptors (Lipinski definition) is 6. The largest absolute Gasteiger partial charge is 0.436 e. The minimum atomic E-state index is -0.934. The highest BCUT2D eigenvalue weighted by molar-refractivity contribution is 9.10. The molecule has 0 spiro atoms. The molecule has 0 bridgehead atoms. The van der Waals surface area contributed by atoms with Crippen LogP contribution in [0.1, 0.15) is 36.8 Å². The molecule has 2 aromatic rings. The maximum atomic E-state index is 13.7. The van der Waals surface area contributed by atoms with Gasteiger partial charge in [-0.15, -0.1) is 0 Å². The Hall–Kier alpha value is -3.31. The van der Waals surface area contributed by atoms with E-state index in [1.54, 1.807) is 11.0 Å². The molecule has 0 saturated carbocycles. The quantitative estimate of drug-likeness (QED) is 0.458. The number of likely N-dealkylation sites (tertiary alicyclic amines) is 2. The highest BCUT2D eigenvalue weighted by atomic mass is 79.9. The first-order valence-electron chi connectivity index (χ1n) is 14.8. The maximum Gasteiger partial charge on any atom is 0.410 e. The van der Waals surface area contributed by atoms with Gasteiger partial charge in [-0.25, -0.2) is 9.59 Å². The van der Waals surface area contributed by atoms with E-state index in [1.165, 1.54) is 0 Å². The number of carbonyl (C=O) groups excluding carboxylic acids is 3. The molecule has 2 saturated heterocycles. The fraction of sp³-hybridized carbons (Fsp3) is 0.516. The topological polar surface area (TPSA) is 111 Å². The average molecular weight is 642 g/mol. The second kappa shape index (κ2) is 13.3. The van der Waals surface area contributed by atoms with Gasteiger partial charge < -0.3 is 35.4 Å². The molecule has 42 heavy (non-hydrogen) atoms. The van der Waals surface area contributed by atoms with Gasteiger partial charge in [-0.3, -0.25) is 4.79 Å². The smallest absolute Gasteiger partial charge is 0.410 e. The number of fused-ring (bicyclic) bond motifs is 1. The fourth-order valence-electron chi connectivity index (χ4n) is 6.19. The molecule has 0 radical (unpaired) electrons. The summed E-state index contributed by atoms with van der Waals surface area (Å²) >= 11 is 3.47. The summed E-state index contributed by atoms with van der Waals surface area (Å²) in [5, 5.41) is 3.04. The first kappa shape index (κ1) is 30.2. The molecule has 226 valence electrons. The highest BCUT2D eigenvalue weighted by Gasteiger charge is 2.35. The van der Waals surface area contributed by atoms with Crippen molar-refractivity contribution in [3.63, 3.8) is 0 Å². The summed E-state index contributed by atoms with van der Waals surface area (Å²) < 4.78 is 6.71. The third kappa shape index (κ3) is 7.00. The van der Waals surface area contributed by atoms with Gasteiger partial charge in [-0.05, 0) is 91.5 Å². The minimum absolute atomic E-state index is 0.0333. The van der Waals surface area contributed by atoms with Crippen molar-refractivity contribution >= 4 is 45.3 Å². The van der Waals surface area contributed by atoms with E-state index in [1.807, 2.05) is 46.2 Å². The van der Waals surface area contributed by atoms with Crippen LogP contribution < -0.4 is 11.1 Å². The van der Waals surface area contributed by atoms with Crippen molar-refractivity contribution in [1.82, 2.24) is 19.6 Å². The molecule has 2 aromatic carbocycles. The normalized spacial score (nSPS) is 19.2. The number of nitrogen functional groups attached to an aromatic ring is 1. The predicted molar refractivity (Wildman–Crippen MR) is 166 cm³/mol. The van der Waals surface area contributed by atoms with Crippen molar-refractivity contribution in [1.29, 1.82) is 0 Å². The number of rotatable bonds is 6. The SMILES string of the molecule is CN(C)C1CCN(C(=O)C(Cc2ccc(N)c(Br)c2)OC(=O)N2CCC(N3CCc4ccccc4NC3=O)CC2)CC1. The first-order chi connectivity index (χ1) is 20.2. The molecule has 0 aromatic heterocycles. The molecule has 0 aliphatic carbocycles. The Morgan fingerprint density at radius 1 is 1.02 bits per heavy atom. The summed E-state index contributed by atoms with van der Waals surface area (Å²) in [7, 11) is 4.13. The number of nitrogens with two attached hydrogens (primary N) is 1. The van der Waals surface area contributed by atoms with Gasteiger partial charge >= 0.3 is 12.1 Å².